The van der Waals surface area contributed by atoms with Gasteiger partial charge in [0.2, 0.25) is 11.8 Å². The summed E-state index contributed by atoms with van der Waals surface area (Å²) in [5.41, 5.74) is 4.19. The number of halogens is 2. The molecule has 8 nitrogen and oxygen atoms in total. The molecule has 0 radical (unpaired) electrons. The number of hydrogen-bond donors (Lipinski definition) is 4. The second kappa shape index (κ2) is 10.1. The van der Waals surface area contributed by atoms with Crippen LogP contribution < -0.4 is 27.2 Å². The van der Waals surface area contributed by atoms with E-state index >= 15 is 0 Å². The molecule has 10 heteroatoms. The topological polar surface area (TPSA) is 128 Å². The molecular weight excluding hydrogens is 430 g/mol. The van der Waals surface area contributed by atoms with Gasteiger partial charge in [-0.1, -0.05) is 38.1 Å². The van der Waals surface area contributed by atoms with Crippen molar-refractivity contribution in [2.75, 3.05) is 5.32 Å². The lowest BCUT2D eigenvalue weighted by molar-refractivity contribution is -0.126. The zero-order valence-corrected chi connectivity index (χ0v) is 18.9. The standard InChI is InChI=1S/C23H30F2N6O2/c1-13(2)16-6-4-5-7-17(16)23(11-15(12-23)10-19(30-26)31-27)21(32)29-18-9-8-14(3)28-20(18)33-22(24)25/h4-9,13,15,22H,10-12,26-27H2,1-3H3,(H,29,32)(H,30,31). The molecule has 3 rings (SSSR count). The smallest absolute Gasteiger partial charge is 0.388 e. The molecule has 1 aromatic heterocycles. The molecule has 0 bridgehead atoms. The Bertz CT molecular complexity index is 1020. The van der Waals surface area contributed by atoms with E-state index in [9.17, 15) is 13.6 Å². The van der Waals surface area contributed by atoms with Gasteiger partial charge in [-0.25, -0.2) is 10.8 Å². The highest BCUT2D eigenvalue weighted by Gasteiger charge is 2.52. The fourth-order valence-electron chi connectivity index (χ4n) is 4.50. The highest BCUT2D eigenvalue weighted by Crippen LogP contribution is 2.52. The van der Waals surface area contributed by atoms with E-state index in [4.69, 9.17) is 11.7 Å². The van der Waals surface area contributed by atoms with Crippen LogP contribution in [0.4, 0.5) is 14.5 Å². The van der Waals surface area contributed by atoms with Gasteiger partial charge in [0.15, 0.2) is 0 Å². The maximum atomic E-state index is 13.7. The second-order valence-electron chi connectivity index (χ2n) is 8.66. The van der Waals surface area contributed by atoms with Crippen LogP contribution in [0.1, 0.15) is 55.8 Å². The molecule has 2 aromatic rings. The highest BCUT2D eigenvalue weighted by molar-refractivity contribution is 6.01. The maximum absolute atomic E-state index is 13.7. The van der Waals surface area contributed by atoms with Gasteiger partial charge in [0.25, 0.3) is 0 Å². The van der Waals surface area contributed by atoms with Gasteiger partial charge in [-0.3, -0.25) is 4.79 Å². The van der Waals surface area contributed by atoms with Crippen LogP contribution in [0, 0.1) is 12.8 Å². The molecule has 0 aliphatic heterocycles. The van der Waals surface area contributed by atoms with Gasteiger partial charge in [0, 0.05) is 12.1 Å². The summed E-state index contributed by atoms with van der Waals surface area (Å²) in [6.45, 7) is 2.73. The first-order valence-corrected chi connectivity index (χ1v) is 10.8. The van der Waals surface area contributed by atoms with Gasteiger partial charge in [-0.2, -0.15) is 13.9 Å². The third kappa shape index (κ3) is 5.22. The van der Waals surface area contributed by atoms with Gasteiger partial charge in [-0.15, -0.1) is 0 Å². The van der Waals surface area contributed by atoms with Gasteiger partial charge in [0.05, 0.1) is 5.41 Å². The van der Waals surface area contributed by atoms with Crippen molar-refractivity contribution in [3.63, 3.8) is 0 Å². The summed E-state index contributed by atoms with van der Waals surface area (Å²) in [6.07, 6.45) is 1.54. The molecule has 0 atom stereocenters. The van der Waals surface area contributed by atoms with E-state index in [1.54, 1.807) is 13.0 Å². The number of nitrogens with two attached hydrogens (primary N) is 2. The molecule has 33 heavy (non-hydrogen) atoms. The summed E-state index contributed by atoms with van der Waals surface area (Å²) >= 11 is 0. The molecule has 6 N–H and O–H groups in total. The first kappa shape index (κ1) is 24.4. The number of amides is 1. The van der Waals surface area contributed by atoms with Crippen LogP contribution in [0.25, 0.3) is 0 Å². The second-order valence-corrected chi connectivity index (χ2v) is 8.66. The van der Waals surface area contributed by atoms with Crippen molar-refractivity contribution in [3.05, 3.63) is 53.2 Å². The summed E-state index contributed by atoms with van der Waals surface area (Å²) < 4.78 is 30.4. The minimum absolute atomic E-state index is 0.101. The summed E-state index contributed by atoms with van der Waals surface area (Å²) in [6, 6.07) is 11.0. The predicted molar refractivity (Wildman–Crippen MR) is 123 cm³/mol. The number of nitrogens with one attached hydrogen (secondary N) is 2. The number of hydrazine groups is 1. The molecule has 1 amide bonds. The quantitative estimate of drug-likeness (QED) is 0.207. The number of hydrazone groups is 1. The number of nitrogens with zero attached hydrogens (tertiary/aromatic N) is 2. The molecule has 1 aromatic carbocycles. The monoisotopic (exact) mass is 460 g/mol. The lowest BCUT2D eigenvalue weighted by Gasteiger charge is -2.48. The lowest BCUT2D eigenvalue weighted by atomic mass is 9.56. The number of anilines is 1. The maximum Gasteiger partial charge on any atom is 0.388 e. The van der Waals surface area contributed by atoms with Crippen LogP contribution in [-0.2, 0) is 10.2 Å². The first-order valence-electron chi connectivity index (χ1n) is 10.8. The van der Waals surface area contributed by atoms with Crippen LogP contribution in [0.2, 0.25) is 0 Å². The van der Waals surface area contributed by atoms with Crippen LogP contribution in [0.5, 0.6) is 5.88 Å². The van der Waals surface area contributed by atoms with E-state index < -0.39 is 12.0 Å². The number of amidine groups is 1. The molecule has 1 fully saturated rings. The van der Waals surface area contributed by atoms with E-state index in [1.807, 2.05) is 24.3 Å². The number of hydrogen-bond acceptors (Lipinski definition) is 6. The molecule has 1 heterocycles. The summed E-state index contributed by atoms with van der Waals surface area (Å²) in [7, 11) is 0. The number of aromatic nitrogens is 1. The van der Waals surface area contributed by atoms with E-state index in [1.165, 1.54) is 6.07 Å². The Morgan fingerprint density at radius 1 is 1.27 bits per heavy atom. The summed E-state index contributed by atoms with van der Waals surface area (Å²) in [5, 5.41) is 6.44. The van der Waals surface area contributed by atoms with Crippen molar-refractivity contribution in [3.8, 4) is 5.88 Å². The van der Waals surface area contributed by atoms with Crippen LogP contribution in [0.3, 0.4) is 0 Å². The Hall–Kier alpha value is -3.27. The van der Waals surface area contributed by atoms with Gasteiger partial charge in [0.1, 0.15) is 11.5 Å². The third-order valence-electron chi connectivity index (χ3n) is 6.06. The number of aryl methyl sites for hydroxylation is 1. The van der Waals surface area contributed by atoms with Gasteiger partial charge >= 0.3 is 6.61 Å². The Balaban J connectivity index is 1.96. The number of benzene rings is 1. The van der Waals surface area contributed by atoms with Crippen molar-refractivity contribution in [2.45, 2.75) is 58.0 Å². The molecule has 1 aliphatic carbocycles. The Morgan fingerprint density at radius 3 is 2.58 bits per heavy atom. The minimum atomic E-state index is -3.06. The number of ether oxygens (including phenoxy) is 1. The molecule has 0 saturated heterocycles. The number of rotatable bonds is 8. The molecule has 178 valence electrons. The number of carbonyl (C=O) groups excluding carboxylic acids is 1. The lowest BCUT2D eigenvalue weighted by Crippen LogP contribution is -2.52. The van der Waals surface area contributed by atoms with Crippen molar-refractivity contribution >= 4 is 17.4 Å². The summed E-state index contributed by atoms with van der Waals surface area (Å²) in [5.74, 6) is 11.0. The minimum Gasteiger partial charge on any atom is -0.415 e. The zero-order chi connectivity index (χ0) is 24.2. The van der Waals surface area contributed by atoms with Crippen LogP contribution >= 0.6 is 0 Å². The largest absolute Gasteiger partial charge is 0.415 e. The van der Waals surface area contributed by atoms with Crippen molar-refractivity contribution in [1.82, 2.24) is 10.4 Å². The van der Waals surface area contributed by atoms with Crippen LogP contribution in [0.15, 0.2) is 41.5 Å². The average molecular weight is 461 g/mol. The van der Waals surface area contributed by atoms with Crippen molar-refractivity contribution in [2.24, 2.45) is 22.7 Å². The van der Waals surface area contributed by atoms with Gasteiger partial charge < -0.3 is 21.3 Å². The van der Waals surface area contributed by atoms with E-state index in [2.05, 4.69) is 39.4 Å². The Morgan fingerprint density at radius 2 is 1.97 bits per heavy atom. The fraction of sp³-hybridized carbons (Fsp3) is 0.435. The molecule has 1 aliphatic rings. The molecule has 0 spiro atoms. The zero-order valence-electron chi connectivity index (χ0n) is 18.9. The van der Waals surface area contributed by atoms with E-state index in [0.29, 0.717) is 30.8 Å². The Kier molecular flexibility index (Phi) is 7.47. The molecular formula is C23H30F2N6O2. The van der Waals surface area contributed by atoms with E-state index in [0.717, 1.165) is 11.1 Å². The number of carbonyl (C=O) groups is 1. The molecule has 1 saturated carbocycles. The third-order valence-corrected chi connectivity index (χ3v) is 6.06. The van der Waals surface area contributed by atoms with Crippen molar-refractivity contribution in [1.29, 1.82) is 0 Å². The number of alkyl halides is 2. The van der Waals surface area contributed by atoms with Crippen molar-refractivity contribution < 1.29 is 18.3 Å². The van der Waals surface area contributed by atoms with Crippen LogP contribution in [-0.4, -0.2) is 23.3 Å². The summed E-state index contributed by atoms with van der Waals surface area (Å²) in [4.78, 5) is 17.7. The van der Waals surface area contributed by atoms with E-state index in [-0.39, 0.29) is 29.3 Å². The molecule has 0 unspecified atom stereocenters. The first-order chi connectivity index (χ1) is 15.7. The SMILES string of the molecule is Cc1ccc(NC(=O)C2(c3ccccc3C(C)C)CC(C/C(=N/N)NN)C2)c(OC(F)F)n1. The Labute approximate surface area is 191 Å². The fourth-order valence-corrected chi connectivity index (χ4v) is 4.50. The highest BCUT2D eigenvalue weighted by atomic mass is 19.3. The predicted octanol–water partition coefficient (Wildman–Crippen LogP) is 3.53. The average Bonchev–Trinajstić information content (AvgIpc) is 2.74. The number of pyridine rings is 1. The van der Waals surface area contributed by atoms with Gasteiger partial charge in [-0.05, 0) is 54.9 Å². The normalized spacial score (nSPS) is 20.5.